The van der Waals surface area contributed by atoms with Crippen LogP contribution in [0.5, 0.6) is 0 Å². The molecule has 0 aliphatic heterocycles. The van der Waals surface area contributed by atoms with Gasteiger partial charge >= 0.3 is 0 Å². The van der Waals surface area contributed by atoms with Crippen molar-refractivity contribution in [2.45, 2.75) is 55.9 Å². The zero-order valence-electron chi connectivity index (χ0n) is 14.2. The van der Waals surface area contributed by atoms with Gasteiger partial charge in [0.1, 0.15) is 0 Å². The van der Waals surface area contributed by atoms with Gasteiger partial charge in [-0.3, -0.25) is 4.68 Å². The second kappa shape index (κ2) is 5.83. The van der Waals surface area contributed by atoms with E-state index in [-0.39, 0.29) is 5.41 Å². The zero-order chi connectivity index (χ0) is 16.7. The highest BCUT2D eigenvalue weighted by Crippen LogP contribution is 2.47. The first-order chi connectivity index (χ1) is 12.4. The van der Waals surface area contributed by atoms with Gasteiger partial charge in [0.05, 0.1) is 11.5 Å². The molecular formula is C20H22N4O. The standard InChI is InChI=1S/C20H22N4O/c1-2-7-16(8-3-1)20(9-4-5-10-20)19-22-18(25-23-19)15-13-17(14-15)24-12-6-11-21-24/h1-3,6-8,11-12,15,17H,4-5,9-10,13-14H2. The predicted octanol–water partition coefficient (Wildman–Crippen LogP) is 4.24. The van der Waals surface area contributed by atoms with Crippen LogP contribution in [0, 0.1) is 0 Å². The fourth-order valence-corrected chi connectivity index (χ4v) is 4.47. The molecule has 2 saturated carbocycles. The highest BCUT2D eigenvalue weighted by atomic mass is 16.5. The Labute approximate surface area is 147 Å². The molecule has 0 N–H and O–H groups in total. The Balaban J connectivity index is 1.39. The summed E-state index contributed by atoms with van der Waals surface area (Å²) in [5.41, 5.74) is 1.26. The van der Waals surface area contributed by atoms with E-state index in [0.717, 1.165) is 37.4 Å². The number of hydrogen-bond donors (Lipinski definition) is 0. The summed E-state index contributed by atoms with van der Waals surface area (Å²) in [5.74, 6) is 2.05. The molecule has 2 aliphatic rings. The van der Waals surface area contributed by atoms with Crippen LogP contribution in [-0.2, 0) is 5.41 Å². The maximum absolute atomic E-state index is 5.70. The first-order valence-electron chi connectivity index (χ1n) is 9.24. The number of aromatic nitrogens is 4. The lowest BCUT2D eigenvalue weighted by Gasteiger charge is -2.32. The molecule has 0 spiro atoms. The molecule has 0 amide bonds. The maximum Gasteiger partial charge on any atom is 0.229 e. The van der Waals surface area contributed by atoms with Crippen LogP contribution in [-0.4, -0.2) is 19.9 Å². The quantitative estimate of drug-likeness (QED) is 0.716. The van der Waals surface area contributed by atoms with Crippen molar-refractivity contribution in [3.8, 4) is 0 Å². The minimum atomic E-state index is -0.0614. The van der Waals surface area contributed by atoms with Crippen LogP contribution in [0.2, 0.25) is 0 Å². The van der Waals surface area contributed by atoms with Crippen LogP contribution in [0.25, 0.3) is 0 Å². The van der Waals surface area contributed by atoms with Gasteiger partial charge in [0.2, 0.25) is 5.89 Å². The van der Waals surface area contributed by atoms with Crippen LogP contribution in [0.15, 0.2) is 53.3 Å². The lowest BCUT2D eigenvalue weighted by Crippen LogP contribution is -2.27. The van der Waals surface area contributed by atoms with Crippen molar-refractivity contribution in [3.05, 3.63) is 66.1 Å². The van der Waals surface area contributed by atoms with E-state index in [0.29, 0.717) is 12.0 Å². The van der Waals surface area contributed by atoms with Crippen LogP contribution in [0.3, 0.4) is 0 Å². The molecule has 2 fully saturated rings. The summed E-state index contributed by atoms with van der Waals surface area (Å²) in [4.78, 5) is 4.87. The van der Waals surface area contributed by atoms with Crippen molar-refractivity contribution in [2.24, 2.45) is 0 Å². The molecule has 3 aromatic rings. The maximum atomic E-state index is 5.70. The number of rotatable bonds is 4. The number of hydrogen-bond acceptors (Lipinski definition) is 4. The number of nitrogens with zero attached hydrogens (tertiary/aromatic N) is 4. The summed E-state index contributed by atoms with van der Waals surface area (Å²) >= 11 is 0. The van der Waals surface area contributed by atoms with Crippen molar-refractivity contribution in [1.29, 1.82) is 0 Å². The Morgan fingerprint density at radius 2 is 1.84 bits per heavy atom. The first-order valence-corrected chi connectivity index (χ1v) is 9.24. The van der Waals surface area contributed by atoms with Gasteiger partial charge in [-0.15, -0.1) is 0 Å². The third kappa shape index (κ3) is 2.41. The van der Waals surface area contributed by atoms with E-state index in [4.69, 9.17) is 9.51 Å². The summed E-state index contributed by atoms with van der Waals surface area (Å²) in [6.45, 7) is 0. The summed E-state index contributed by atoms with van der Waals surface area (Å²) in [5, 5.41) is 8.76. The molecule has 5 rings (SSSR count). The lowest BCUT2D eigenvalue weighted by atomic mass is 9.77. The minimum absolute atomic E-state index is 0.0614. The molecule has 2 aromatic heterocycles. The van der Waals surface area contributed by atoms with E-state index < -0.39 is 0 Å². The van der Waals surface area contributed by atoms with Crippen molar-refractivity contribution in [2.75, 3.05) is 0 Å². The Hall–Kier alpha value is -2.43. The van der Waals surface area contributed by atoms with Crippen LogP contribution in [0.1, 0.15) is 67.8 Å². The molecular weight excluding hydrogens is 312 g/mol. The molecule has 1 aromatic carbocycles. The van der Waals surface area contributed by atoms with Gasteiger partial charge in [-0.2, -0.15) is 10.1 Å². The van der Waals surface area contributed by atoms with Gasteiger partial charge < -0.3 is 4.52 Å². The predicted molar refractivity (Wildman–Crippen MR) is 93.2 cm³/mol. The smallest absolute Gasteiger partial charge is 0.229 e. The Morgan fingerprint density at radius 1 is 1.04 bits per heavy atom. The second-order valence-electron chi connectivity index (χ2n) is 7.42. The number of benzene rings is 1. The van der Waals surface area contributed by atoms with Crippen molar-refractivity contribution in [3.63, 3.8) is 0 Å². The van der Waals surface area contributed by atoms with E-state index >= 15 is 0 Å². The Bertz CT molecular complexity index is 828. The second-order valence-corrected chi connectivity index (χ2v) is 7.42. The summed E-state index contributed by atoms with van der Waals surface area (Å²) in [6, 6.07) is 13.1. The largest absolute Gasteiger partial charge is 0.339 e. The average molecular weight is 334 g/mol. The first kappa shape index (κ1) is 14.9. The Morgan fingerprint density at radius 3 is 2.56 bits per heavy atom. The highest BCUT2D eigenvalue weighted by Gasteiger charge is 2.43. The summed E-state index contributed by atoms with van der Waals surface area (Å²) in [7, 11) is 0. The van der Waals surface area contributed by atoms with Gasteiger partial charge in [-0.1, -0.05) is 48.3 Å². The molecule has 0 unspecified atom stereocenters. The fraction of sp³-hybridized carbons (Fsp3) is 0.450. The molecule has 5 nitrogen and oxygen atoms in total. The summed E-state index contributed by atoms with van der Waals surface area (Å²) < 4.78 is 7.74. The SMILES string of the molecule is c1ccc(C2(c3noc(C4CC(n5cccn5)C4)n3)CCCC2)cc1. The van der Waals surface area contributed by atoms with Crippen molar-refractivity contribution in [1.82, 2.24) is 19.9 Å². The van der Waals surface area contributed by atoms with Gasteiger partial charge in [-0.25, -0.2) is 0 Å². The van der Waals surface area contributed by atoms with Crippen LogP contribution in [0.4, 0.5) is 0 Å². The van der Waals surface area contributed by atoms with Crippen LogP contribution >= 0.6 is 0 Å². The molecule has 0 bridgehead atoms. The molecule has 128 valence electrons. The lowest BCUT2D eigenvalue weighted by molar-refractivity contribution is 0.202. The topological polar surface area (TPSA) is 56.7 Å². The van der Waals surface area contributed by atoms with E-state index in [2.05, 4.69) is 40.6 Å². The van der Waals surface area contributed by atoms with Gasteiger partial charge in [-0.05, 0) is 37.3 Å². The van der Waals surface area contributed by atoms with Crippen LogP contribution < -0.4 is 0 Å². The third-order valence-corrected chi connectivity index (χ3v) is 6.01. The van der Waals surface area contributed by atoms with E-state index in [1.807, 2.05) is 23.1 Å². The van der Waals surface area contributed by atoms with Gasteiger partial charge in [0.25, 0.3) is 0 Å². The zero-order valence-corrected chi connectivity index (χ0v) is 14.2. The molecule has 0 atom stereocenters. The van der Waals surface area contributed by atoms with E-state index in [9.17, 15) is 0 Å². The molecule has 2 aliphatic carbocycles. The average Bonchev–Trinajstić information content (AvgIpc) is 3.36. The fourth-order valence-electron chi connectivity index (χ4n) is 4.47. The summed E-state index contributed by atoms with van der Waals surface area (Å²) in [6.07, 6.45) is 10.6. The highest BCUT2D eigenvalue weighted by molar-refractivity contribution is 5.34. The Kier molecular flexibility index (Phi) is 3.47. The monoisotopic (exact) mass is 334 g/mol. The molecule has 0 radical (unpaired) electrons. The molecule has 2 heterocycles. The van der Waals surface area contributed by atoms with Crippen molar-refractivity contribution < 1.29 is 4.52 Å². The normalized spacial score (nSPS) is 25.0. The minimum Gasteiger partial charge on any atom is -0.339 e. The molecule has 0 saturated heterocycles. The van der Waals surface area contributed by atoms with Gasteiger partial charge in [0, 0.05) is 18.3 Å². The molecule has 25 heavy (non-hydrogen) atoms. The van der Waals surface area contributed by atoms with E-state index in [1.54, 1.807) is 0 Å². The van der Waals surface area contributed by atoms with Crippen molar-refractivity contribution >= 4 is 0 Å². The van der Waals surface area contributed by atoms with Gasteiger partial charge in [0.15, 0.2) is 5.82 Å². The van der Waals surface area contributed by atoms with E-state index in [1.165, 1.54) is 18.4 Å². The molecule has 5 heteroatoms. The third-order valence-electron chi connectivity index (χ3n) is 6.01.